The molecule has 1 atom stereocenters. The van der Waals surface area contributed by atoms with Crippen molar-refractivity contribution in [1.82, 2.24) is 4.98 Å². The first-order chi connectivity index (χ1) is 8.70. The molecule has 1 N–H and O–H groups in total. The predicted octanol–water partition coefficient (Wildman–Crippen LogP) is 3.40. The van der Waals surface area contributed by atoms with Crippen molar-refractivity contribution in [2.24, 2.45) is 0 Å². The molecule has 2 aromatic rings. The number of benzene rings is 1. The van der Waals surface area contributed by atoms with Crippen LogP contribution in [0.4, 0.5) is 10.2 Å². The maximum absolute atomic E-state index is 13.4. The van der Waals surface area contributed by atoms with Crippen LogP contribution < -0.4 is 10.1 Å². The van der Waals surface area contributed by atoms with Gasteiger partial charge in [-0.1, -0.05) is 12.1 Å². The van der Waals surface area contributed by atoms with E-state index in [2.05, 4.69) is 10.3 Å². The van der Waals surface area contributed by atoms with E-state index in [0.29, 0.717) is 0 Å². The van der Waals surface area contributed by atoms with Crippen molar-refractivity contribution in [2.45, 2.75) is 13.0 Å². The molecule has 1 unspecified atom stereocenters. The number of anilines is 1. The Morgan fingerprint density at radius 3 is 2.56 bits per heavy atom. The fourth-order valence-electron chi connectivity index (χ4n) is 1.67. The molecule has 3 nitrogen and oxygen atoms in total. The number of aromatic nitrogens is 1. The number of hydrogen-bond acceptors (Lipinski definition) is 3. The third-order valence-corrected chi connectivity index (χ3v) is 2.73. The fourth-order valence-corrected chi connectivity index (χ4v) is 1.67. The molecule has 0 aliphatic carbocycles. The lowest BCUT2D eigenvalue weighted by molar-refractivity contribution is 0.414. The van der Waals surface area contributed by atoms with E-state index < -0.39 is 0 Å². The predicted molar refractivity (Wildman–Crippen MR) is 69.2 cm³/mol. The zero-order valence-corrected chi connectivity index (χ0v) is 10.4. The minimum Gasteiger partial charge on any atom is -0.497 e. The van der Waals surface area contributed by atoms with Crippen LogP contribution in [0, 0.1) is 5.82 Å². The van der Waals surface area contributed by atoms with Gasteiger partial charge in [0.15, 0.2) is 11.6 Å². The number of halogens is 1. The molecule has 94 valence electrons. The molecule has 0 aliphatic heterocycles. The van der Waals surface area contributed by atoms with Gasteiger partial charge in [-0.3, -0.25) is 0 Å². The Morgan fingerprint density at radius 1 is 1.22 bits per heavy atom. The summed E-state index contributed by atoms with van der Waals surface area (Å²) in [6, 6.07) is 10.6. The monoisotopic (exact) mass is 246 g/mol. The van der Waals surface area contributed by atoms with Crippen molar-refractivity contribution in [3.8, 4) is 5.75 Å². The fraction of sp³-hybridized carbons (Fsp3) is 0.214. The zero-order chi connectivity index (χ0) is 13.0. The van der Waals surface area contributed by atoms with Gasteiger partial charge in [-0.2, -0.15) is 0 Å². The average molecular weight is 246 g/mol. The van der Waals surface area contributed by atoms with Gasteiger partial charge in [-0.05, 0) is 36.8 Å². The van der Waals surface area contributed by atoms with Crippen molar-refractivity contribution in [1.29, 1.82) is 0 Å². The highest BCUT2D eigenvalue weighted by Crippen LogP contribution is 2.21. The number of pyridine rings is 1. The molecule has 4 heteroatoms. The van der Waals surface area contributed by atoms with Crippen LogP contribution in [0.2, 0.25) is 0 Å². The largest absolute Gasteiger partial charge is 0.497 e. The van der Waals surface area contributed by atoms with E-state index in [1.807, 2.05) is 31.2 Å². The third kappa shape index (κ3) is 2.77. The van der Waals surface area contributed by atoms with Crippen LogP contribution in [0.3, 0.4) is 0 Å². The van der Waals surface area contributed by atoms with E-state index in [1.54, 1.807) is 19.4 Å². The van der Waals surface area contributed by atoms with Gasteiger partial charge < -0.3 is 10.1 Å². The van der Waals surface area contributed by atoms with Gasteiger partial charge in [0.2, 0.25) is 0 Å². The summed E-state index contributed by atoms with van der Waals surface area (Å²) in [7, 11) is 1.62. The highest BCUT2D eigenvalue weighted by atomic mass is 19.1. The third-order valence-electron chi connectivity index (χ3n) is 2.73. The van der Waals surface area contributed by atoms with Gasteiger partial charge in [0.05, 0.1) is 13.2 Å². The minimum absolute atomic E-state index is 0.0275. The SMILES string of the molecule is COc1ccc(C(C)Nc2ncccc2F)cc1. The Hall–Kier alpha value is -2.10. The summed E-state index contributed by atoms with van der Waals surface area (Å²) in [6.07, 6.45) is 1.56. The first-order valence-corrected chi connectivity index (χ1v) is 5.71. The highest BCUT2D eigenvalue weighted by molar-refractivity contribution is 5.40. The summed E-state index contributed by atoms with van der Waals surface area (Å²) < 4.78 is 18.5. The van der Waals surface area contributed by atoms with Gasteiger partial charge in [-0.15, -0.1) is 0 Å². The Balaban J connectivity index is 2.11. The summed E-state index contributed by atoms with van der Waals surface area (Å²) in [5.74, 6) is 0.716. The van der Waals surface area contributed by atoms with E-state index in [9.17, 15) is 4.39 Å². The van der Waals surface area contributed by atoms with Gasteiger partial charge in [-0.25, -0.2) is 9.37 Å². The first kappa shape index (κ1) is 12.4. The Kier molecular flexibility index (Phi) is 3.77. The van der Waals surface area contributed by atoms with Crippen molar-refractivity contribution in [3.63, 3.8) is 0 Å². The van der Waals surface area contributed by atoms with E-state index in [4.69, 9.17) is 4.74 Å². The lowest BCUT2D eigenvalue weighted by Crippen LogP contribution is -2.09. The molecule has 0 radical (unpaired) electrons. The van der Waals surface area contributed by atoms with Crippen LogP contribution in [0.25, 0.3) is 0 Å². The van der Waals surface area contributed by atoms with Gasteiger partial charge >= 0.3 is 0 Å². The summed E-state index contributed by atoms with van der Waals surface area (Å²) in [5, 5.41) is 3.04. The second-order valence-electron chi connectivity index (χ2n) is 3.97. The molecular weight excluding hydrogens is 231 g/mol. The van der Waals surface area contributed by atoms with Crippen LogP contribution >= 0.6 is 0 Å². The molecule has 0 amide bonds. The van der Waals surface area contributed by atoms with Gasteiger partial charge in [0.25, 0.3) is 0 Å². The Labute approximate surface area is 106 Å². The van der Waals surface area contributed by atoms with Crippen LogP contribution in [0.15, 0.2) is 42.6 Å². The standard InChI is InChI=1S/C14H15FN2O/c1-10(11-5-7-12(18-2)8-6-11)17-14-13(15)4-3-9-16-14/h3-10H,1-2H3,(H,16,17). The highest BCUT2D eigenvalue weighted by Gasteiger charge is 2.09. The van der Waals surface area contributed by atoms with Crippen LogP contribution in [-0.2, 0) is 0 Å². The number of rotatable bonds is 4. The van der Waals surface area contributed by atoms with E-state index in [-0.39, 0.29) is 17.7 Å². The quantitative estimate of drug-likeness (QED) is 0.897. The molecule has 0 spiro atoms. The smallest absolute Gasteiger partial charge is 0.165 e. The van der Waals surface area contributed by atoms with Crippen molar-refractivity contribution < 1.29 is 9.13 Å². The van der Waals surface area contributed by atoms with E-state index >= 15 is 0 Å². The molecular formula is C14H15FN2O. The van der Waals surface area contributed by atoms with Crippen LogP contribution in [0.5, 0.6) is 5.75 Å². The van der Waals surface area contributed by atoms with E-state index in [0.717, 1.165) is 11.3 Å². The normalized spacial score (nSPS) is 11.9. The van der Waals surface area contributed by atoms with E-state index in [1.165, 1.54) is 6.07 Å². The van der Waals surface area contributed by atoms with Crippen LogP contribution in [-0.4, -0.2) is 12.1 Å². The number of nitrogens with zero attached hydrogens (tertiary/aromatic N) is 1. The van der Waals surface area contributed by atoms with Crippen molar-refractivity contribution >= 4 is 5.82 Å². The molecule has 0 fully saturated rings. The number of hydrogen-bond donors (Lipinski definition) is 1. The average Bonchev–Trinajstić information content (AvgIpc) is 2.41. The second-order valence-corrected chi connectivity index (χ2v) is 3.97. The molecule has 2 rings (SSSR count). The lowest BCUT2D eigenvalue weighted by Gasteiger charge is -2.15. The number of nitrogens with one attached hydrogen (secondary N) is 1. The summed E-state index contributed by atoms with van der Waals surface area (Å²) >= 11 is 0. The summed E-state index contributed by atoms with van der Waals surface area (Å²) in [5.41, 5.74) is 1.04. The molecule has 1 heterocycles. The lowest BCUT2D eigenvalue weighted by atomic mass is 10.1. The number of methoxy groups -OCH3 is 1. The zero-order valence-electron chi connectivity index (χ0n) is 10.4. The maximum Gasteiger partial charge on any atom is 0.165 e. The maximum atomic E-state index is 13.4. The minimum atomic E-state index is -0.349. The van der Waals surface area contributed by atoms with Gasteiger partial charge in [0.1, 0.15) is 5.75 Å². The summed E-state index contributed by atoms with van der Waals surface area (Å²) in [4.78, 5) is 3.97. The topological polar surface area (TPSA) is 34.1 Å². The molecule has 0 saturated carbocycles. The van der Waals surface area contributed by atoms with Crippen molar-refractivity contribution in [2.75, 3.05) is 12.4 Å². The van der Waals surface area contributed by atoms with Crippen molar-refractivity contribution in [3.05, 3.63) is 54.0 Å². The molecule has 1 aromatic heterocycles. The van der Waals surface area contributed by atoms with Crippen LogP contribution in [0.1, 0.15) is 18.5 Å². The first-order valence-electron chi connectivity index (χ1n) is 5.71. The Bertz CT molecular complexity index is 513. The second kappa shape index (κ2) is 5.49. The molecule has 0 aliphatic rings. The Morgan fingerprint density at radius 2 is 1.94 bits per heavy atom. The molecule has 1 aromatic carbocycles. The molecule has 0 saturated heterocycles. The van der Waals surface area contributed by atoms with Gasteiger partial charge in [0, 0.05) is 6.20 Å². The molecule has 0 bridgehead atoms. The number of ether oxygens (including phenoxy) is 1. The molecule has 18 heavy (non-hydrogen) atoms. The summed E-state index contributed by atoms with van der Waals surface area (Å²) in [6.45, 7) is 1.95.